The van der Waals surface area contributed by atoms with Gasteiger partial charge in [0.2, 0.25) is 0 Å². The summed E-state index contributed by atoms with van der Waals surface area (Å²) < 4.78 is 0. The van der Waals surface area contributed by atoms with Crippen LogP contribution in [0.15, 0.2) is 12.3 Å². The Morgan fingerprint density at radius 3 is 2.85 bits per heavy atom. The van der Waals surface area contributed by atoms with E-state index in [2.05, 4.69) is 10.3 Å². The van der Waals surface area contributed by atoms with Crippen LogP contribution in [0.25, 0.3) is 0 Å². The number of aromatic nitrogens is 1. The number of hydrogen-bond donors (Lipinski definition) is 2. The molecular weight excluding hydrogens is 211 g/mol. The third-order valence-corrected chi connectivity index (χ3v) is 1.96. The van der Waals surface area contributed by atoms with Crippen molar-refractivity contribution < 1.29 is 5.11 Å². The molecule has 0 radical (unpaired) electrons. The van der Waals surface area contributed by atoms with Crippen LogP contribution in [-0.4, -0.2) is 22.7 Å². The monoisotopic (exact) mass is 220 g/mol. The number of aliphatic hydroxyl groups is 1. The van der Waals surface area contributed by atoms with Crippen LogP contribution in [0, 0.1) is 0 Å². The van der Waals surface area contributed by atoms with E-state index in [0.29, 0.717) is 15.9 Å². The van der Waals surface area contributed by atoms with Crippen molar-refractivity contribution in [3.8, 4) is 0 Å². The summed E-state index contributed by atoms with van der Waals surface area (Å²) >= 11 is 11.5. The van der Waals surface area contributed by atoms with Gasteiger partial charge >= 0.3 is 0 Å². The van der Waals surface area contributed by atoms with E-state index < -0.39 is 0 Å². The van der Waals surface area contributed by atoms with Gasteiger partial charge in [-0.2, -0.15) is 0 Å². The van der Waals surface area contributed by atoms with Crippen molar-refractivity contribution in [3.05, 3.63) is 22.3 Å². The molecule has 2 N–H and O–H groups in total. The average Bonchev–Trinajstić information content (AvgIpc) is 2.09. The summed E-state index contributed by atoms with van der Waals surface area (Å²) in [7, 11) is 0. The van der Waals surface area contributed by atoms with E-state index in [1.54, 1.807) is 6.07 Å². The molecule has 0 fully saturated rings. The minimum absolute atomic E-state index is 0.0284. The Bertz CT molecular complexity index is 293. The number of pyridine rings is 1. The average molecular weight is 221 g/mol. The Morgan fingerprint density at radius 1 is 1.62 bits per heavy atom. The third kappa shape index (κ3) is 3.03. The molecule has 1 aromatic heterocycles. The van der Waals surface area contributed by atoms with Crippen LogP contribution in [-0.2, 0) is 0 Å². The fourth-order valence-corrected chi connectivity index (χ4v) is 1.23. The molecule has 3 nitrogen and oxygen atoms in total. The fourth-order valence-electron chi connectivity index (χ4n) is 0.800. The summed E-state index contributed by atoms with van der Waals surface area (Å²) in [5, 5.41) is 12.7. The predicted molar refractivity (Wildman–Crippen MR) is 54.4 cm³/mol. The van der Waals surface area contributed by atoms with Crippen LogP contribution < -0.4 is 5.32 Å². The summed E-state index contributed by atoms with van der Waals surface area (Å²) in [6.07, 6.45) is 1.50. The van der Waals surface area contributed by atoms with Gasteiger partial charge in [0.05, 0.1) is 16.7 Å². The molecule has 0 amide bonds. The van der Waals surface area contributed by atoms with Crippen molar-refractivity contribution >= 4 is 29.0 Å². The molecular formula is C8H10Cl2N2O. The molecule has 1 heterocycles. The van der Waals surface area contributed by atoms with E-state index in [1.165, 1.54) is 6.20 Å². The van der Waals surface area contributed by atoms with Gasteiger partial charge in [-0.3, -0.25) is 0 Å². The molecule has 72 valence electrons. The number of nitrogens with one attached hydrogen (secondary N) is 1. The first-order valence-corrected chi connectivity index (χ1v) is 4.57. The highest BCUT2D eigenvalue weighted by Crippen LogP contribution is 2.22. The maximum Gasteiger partial charge on any atom is 0.145 e. The molecule has 5 heteroatoms. The van der Waals surface area contributed by atoms with E-state index >= 15 is 0 Å². The normalized spacial score (nSPS) is 12.6. The molecule has 1 atom stereocenters. The number of aliphatic hydroxyl groups excluding tert-OH is 1. The van der Waals surface area contributed by atoms with Crippen LogP contribution >= 0.6 is 23.2 Å². The summed E-state index contributed by atoms with van der Waals surface area (Å²) in [6.45, 7) is 1.85. The van der Waals surface area contributed by atoms with Gasteiger partial charge in [-0.1, -0.05) is 23.2 Å². The minimum Gasteiger partial charge on any atom is -0.394 e. The van der Waals surface area contributed by atoms with Crippen molar-refractivity contribution in [2.24, 2.45) is 0 Å². The summed E-state index contributed by atoms with van der Waals surface area (Å²) in [4.78, 5) is 3.98. The van der Waals surface area contributed by atoms with Gasteiger partial charge in [0.1, 0.15) is 5.82 Å². The highest BCUT2D eigenvalue weighted by molar-refractivity contribution is 6.35. The Kier molecular flexibility index (Phi) is 3.78. The Morgan fingerprint density at radius 2 is 2.31 bits per heavy atom. The van der Waals surface area contributed by atoms with Gasteiger partial charge in [-0.25, -0.2) is 4.98 Å². The zero-order chi connectivity index (χ0) is 9.84. The van der Waals surface area contributed by atoms with Crippen molar-refractivity contribution in [1.29, 1.82) is 0 Å². The SMILES string of the molecule is CC(CO)Nc1ncc(Cl)cc1Cl. The largest absolute Gasteiger partial charge is 0.394 e. The maximum atomic E-state index is 8.78. The molecule has 1 unspecified atom stereocenters. The van der Waals surface area contributed by atoms with Gasteiger partial charge in [-0.15, -0.1) is 0 Å². The number of halogens is 2. The van der Waals surface area contributed by atoms with Gasteiger partial charge < -0.3 is 10.4 Å². The van der Waals surface area contributed by atoms with Crippen LogP contribution in [0.3, 0.4) is 0 Å². The molecule has 0 aliphatic heterocycles. The first-order valence-electron chi connectivity index (χ1n) is 3.82. The summed E-state index contributed by atoms with van der Waals surface area (Å²) in [6, 6.07) is 1.52. The van der Waals surface area contributed by atoms with Crippen LogP contribution in [0.2, 0.25) is 10.0 Å². The molecule has 0 aliphatic rings. The lowest BCUT2D eigenvalue weighted by Gasteiger charge is -2.12. The molecule has 13 heavy (non-hydrogen) atoms. The Hall–Kier alpha value is -0.510. The van der Waals surface area contributed by atoms with Crippen LogP contribution in [0.4, 0.5) is 5.82 Å². The lowest BCUT2D eigenvalue weighted by molar-refractivity contribution is 0.281. The second kappa shape index (κ2) is 4.65. The molecule has 0 saturated heterocycles. The molecule has 0 aromatic carbocycles. The van der Waals surface area contributed by atoms with E-state index in [1.807, 2.05) is 6.92 Å². The van der Waals surface area contributed by atoms with Crippen molar-refractivity contribution in [2.45, 2.75) is 13.0 Å². The second-order valence-electron chi connectivity index (χ2n) is 2.71. The zero-order valence-corrected chi connectivity index (χ0v) is 8.60. The topological polar surface area (TPSA) is 45.1 Å². The summed E-state index contributed by atoms with van der Waals surface area (Å²) in [5.41, 5.74) is 0. The third-order valence-electron chi connectivity index (χ3n) is 1.46. The number of rotatable bonds is 3. The standard InChI is InChI=1S/C8H10Cl2N2O/c1-5(4-13)12-8-7(10)2-6(9)3-11-8/h2-3,5,13H,4H2,1H3,(H,11,12). The Labute approximate surface area is 86.7 Å². The highest BCUT2D eigenvalue weighted by Gasteiger charge is 2.05. The molecule has 0 spiro atoms. The summed E-state index contributed by atoms with van der Waals surface area (Å²) in [5.74, 6) is 0.535. The molecule has 1 rings (SSSR count). The molecule has 0 saturated carbocycles. The second-order valence-corrected chi connectivity index (χ2v) is 3.56. The van der Waals surface area contributed by atoms with Crippen LogP contribution in [0.1, 0.15) is 6.92 Å². The maximum absolute atomic E-state index is 8.78. The minimum atomic E-state index is -0.0776. The van der Waals surface area contributed by atoms with E-state index in [4.69, 9.17) is 28.3 Å². The molecule has 1 aromatic rings. The zero-order valence-electron chi connectivity index (χ0n) is 7.09. The van der Waals surface area contributed by atoms with Gasteiger partial charge in [0.15, 0.2) is 0 Å². The van der Waals surface area contributed by atoms with Crippen molar-refractivity contribution in [1.82, 2.24) is 4.98 Å². The van der Waals surface area contributed by atoms with Gasteiger partial charge in [0, 0.05) is 12.2 Å². The number of anilines is 1. The molecule has 0 bridgehead atoms. The van der Waals surface area contributed by atoms with Crippen LogP contribution in [0.5, 0.6) is 0 Å². The van der Waals surface area contributed by atoms with E-state index in [9.17, 15) is 0 Å². The van der Waals surface area contributed by atoms with Gasteiger partial charge in [-0.05, 0) is 13.0 Å². The van der Waals surface area contributed by atoms with E-state index in [-0.39, 0.29) is 12.6 Å². The van der Waals surface area contributed by atoms with E-state index in [0.717, 1.165) is 0 Å². The quantitative estimate of drug-likeness (QED) is 0.822. The number of hydrogen-bond acceptors (Lipinski definition) is 3. The van der Waals surface area contributed by atoms with Crippen molar-refractivity contribution in [3.63, 3.8) is 0 Å². The lowest BCUT2D eigenvalue weighted by Crippen LogP contribution is -2.20. The first kappa shape index (κ1) is 10.6. The molecule has 0 aliphatic carbocycles. The predicted octanol–water partition coefficient (Wildman–Crippen LogP) is 2.18. The Balaban J connectivity index is 2.77. The fraction of sp³-hybridized carbons (Fsp3) is 0.375. The lowest BCUT2D eigenvalue weighted by atomic mass is 10.3. The van der Waals surface area contributed by atoms with Crippen molar-refractivity contribution in [2.75, 3.05) is 11.9 Å². The number of nitrogens with zero attached hydrogens (tertiary/aromatic N) is 1. The smallest absolute Gasteiger partial charge is 0.145 e. The first-order chi connectivity index (χ1) is 6.13. The highest BCUT2D eigenvalue weighted by atomic mass is 35.5. The van der Waals surface area contributed by atoms with Gasteiger partial charge in [0.25, 0.3) is 0 Å².